The van der Waals surface area contributed by atoms with Crippen molar-refractivity contribution in [1.29, 1.82) is 0 Å². The van der Waals surface area contributed by atoms with Gasteiger partial charge < -0.3 is 4.74 Å². The summed E-state index contributed by atoms with van der Waals surface area (Å²) in [6.07, 6.45) is 0. The van der Waals surface area contributed by atoms with Crippen LogP contribution in [0.4, 0.5) is 5.13 Å². The van der Waals surface area contributed by atoms with E-state index in [1.807, 2.05) is 48.5 Å². The molecule has 0 aliphatic carbocycles. The number of amides is 3. The lowest BCUT2D eigenvalue weighted by molar-refractivity contribution is -0.119. The first-order valence-corrected chi connectivity index (χ1v) is 11.1. The van der Waals surface area contributed by atoms with Crippen LogP contribution in [-0.4, -0.2) is 41.3 Å². The van der Waals surface area contributed by atoms with Crippen molar-refractivity contribution in [2.24, 2.45) is 0 Å². The standard InChI is InChI=1S/C25H19N3O4S/c1-32-17-11-12-21-20(13-17)26-25(33-21)27(14-16-7-3-2-4-8-16)22(29)15-28-23(30)18-9-5-6-10-19(18)24(28)31/h2-13H,14-15H2,1H3. The van der Waals surface area contributed by atoms with Crippen LogP contribution in [0.1, 0.15) is 26.3 Å². The number of aromatic nitrogens is 1. The van der Waals surface area contributed by atoms with E-state index in [0.29, 0.717) is 27.5 Å². The second-order valence-corrected chi connectivity index (χ2v) is 8.55. The Balaban J connectivity index is 1.48. The third kappa shape index (κ3) is 3.85. The molecular formula is C25H19N3O4S. The Morgan fingerprint density at radius 3 is 2.30 bits per heavy atom. The van der Waals surface area contributed by atoms with Crippen LogP contribution in [0.2, 0.25) is 0 Å². The zero-order valence-electron chi connectivity index (χ0n) is 17.7. The number of methoxy groups -OCH3 is 1. The van der Waals surface area contributed by atoms with Gasteiger partial charge in [0.25, 0.3) is 11.8 Å². The zero-order valence-corrected chi connectivity index (χ0v) is 18.5. The molecule has 0 bridgehead atoms. The van der Waals surface area contributed by atoms with E-state index in [-0.39, 0.29) is 19.0 Å². The van der Waals surface area contributed by atoms with Crippen molar-refractivity contribution in [3.05, 3.63) is 89.5 Å². The molecule has 0 spiro atoms. The molecule has 164 valence electrons. The molecule has 8 heteroatoms. The van der Waals surface area contributed by atoms with Crippen molar-refractivity contribution in [2.45, 2.75) is 6.54 Å². The van der Waals surface area contributed by atoms with Crippen molar-refractivity contribution in [3.8, 4) is 5.75 Å². The summed E-state index contributed by atoms with van der Waals surface area (Å²) in [6.45, 7) is -0.0990. The van der Waals surface area contributed by atoms with Gasteiger partial charge in [-0.1, -0.05) is 53.8 Å². The quantitative estimate of drug-likeness (QED) is 0.407. The smallest absolute Gasteiger partial charge is 0.262 e. The van der Waals surface area contributed by atoms with E-state index in [9.17, 15) is 14.4 Å². The average molecular weight is 458 g/mol. The Morgan fingerprint density at radius 2 is 1.64 bits per heavy atom. The van der Waals surface area contributed by atoms with Gasteiger partial charge in [-0.2, -0.15) is 0 Å². The van der Waals surface area contributed by atoms with Gasteiger partial charge in [0, 0.05) is 6.07 Å². The molecule has 5 rings (SSSR count). The third-order valence-electron chi connectivity index (χ3n) is 5.47. The first-order chi connectivity index (χ1) is 16.0. The number of benzene rings is 3. The van der Waals surface area contributed by atoms with Gasteiger partial charge in [0.2, 0.25) is 5.91 Å². The number of hydrogen-bond acceptors (Lipinski definition) is 6. The number of imide groups is 1. The summed E-state index contributed by atoms with van der Waals surface area (Å²) in [5.41, 5.74) is 2.25. The number of anilines is 1. The molecule has 7 nitrogen and oxygen atoms in total. The van der Waals surface area contributed by atoms with Gasteiger partial charge >= 0.3 is 0 Å². The van der Waals surface area contributed by atoms with E-state index in [0.717, 1.165) is 15.2 Å². The number of nitrogens with zero attached hydrogens (tertiary/aromatic N) is 3. The summed E-state index contributed by atoms with van der Waals surface area (Å²) < 4.78 is 6.18. The van der Waals surface area contributed by atoms with Crippen LogP contribution in [0.15, 0.2) is 72.8 Å². The fourth-order valence-corrected chi connectivity index (χ4v) is 4.73. The van der Waals surface area contributed by atoms with Gasteiger partial charge in [0.1, 0.15) is 12.3 Å². The van der Waals surface area contributed by atoms with Crippen LogP contribution in [0, 0.1) is 0 Å². The van der Waals surface area contributed by atoms with E-state index >= 15 is 0 Å². The van der Waals surface area contributed by atoms with Gasteiger partial charge in [-0.15, -0.1) is 0 Å². The SMILES string of the molecule is COc1ccc2sc(N(Cc3ccccc3)C(=O)CN3C(=O)c4ccccc4C3=O)nc2c1. The number of thiazole rings is 1. The molecule has 0 unspecified atom stereocenters. The van der Waals surface area contributed by atoms with Gasteiger partial charge in [0.15, 0.2) is 5.13 Å². The largest absolute Gasteiger partial charge is 0.497 e. The van der Waals surface area contributed by atoms with E-state index in [2.05, 4.69) is 4.98 Å². The molecule has 3 amide bonds. The van der Waals surface area contributed by atoms with E-state index in [1.165, 1.54) is 16.2 Å². The molecule has 0 saturated carbocycles. The molecule has 0 fully saturated rings. The summed E-state index contributed by atoms with van der Waals surface area (Å²) in [5, 5.41) is 0.490. The van der Waals surface area contributed by atoms with E-state index in [1.54, 1.807) is 31.4 Å². The Bertz CT molecular complexity index is 1350. The van der Waals surface area contributed by atoms with Gasteiger partial charge in [-0.05, 0) is 29.8 Å². The van der Waals surface area contributed by atoms with Crippen molar-refractivity contribution in [2.75, 3.05) is 18.6 Å². The number of carbonyl (C=O) groups excluding carboxylic acids is 3. The maximum absolute atomic E-state index is 13.5. The molecule has 33 heavy (non-hydrogen) atoms. The minimum atomic E-state index is -0.461. The van der Waals surface area contributed by atoms with Crippen LogP contribution in [0.3, 0.4) is 0 Å². The summed E-state index contributed by atoms with van der Waals surface area (Å²) in [5.74, 6) is -0.638. The Labute approximate surface area is 193 Å². The predicted molar refractivity (Wildman–Crippen MR) is 126 cm³/mol. The fraction of sp³-hybridized carbons (Fsp3) is 0.120. The minimum absolute atomic E-state index is 0.264. The molecule has 0 saturated heterocycles. The lowest BCUT2D eigenvalue weighted by Crippen LogP contribution is -2.42. The molecule has 1 aliphatic rings. The number of carbonyl (C=O) groups is 3. The molecule has 3 aromatic carbocycles. The van der Waals surface area contributed by atoms with E-state index in [4.69, 9.17) is 4.74 Å². The van der Waals surface area contributed by atoms with E-state index < -0.39 is 11.8 Å². The third-order valence-corrected chi connectivity index (χ3v) is 6.53. The first-order valence-electron chi connectivity index (χ1n) is 10.3. The van der Waals surface area contributed by atoms with Gasteiger partial charge in [-0.3, -0.25) is 24.2 Å². The van der Waals surface area contributed by atoms with Crippen molar-refractivity contribution in [1.82, 2.24) is 9.88 Å². The molecule has 2 heterocycles. The minimum Gasteiger partial charge on any atom is -0.497 e. The maximum atomic E-state index is 13.5. The lowest BCUT2D eigenvalue weighted by Gasteiger charge is -2.22. The first kappa shape index (κ1) is 20.8. The molecule has 0 atom stereocenters. The molecule has 0 radical (unpaired) electrons. The summed E-state index contributed by atoms with van der Waals surface area (Å²) in [6, 6.07) is 21.7. The fourth-order valence-electron chi connectivity index (χ4n) is 3.77. The molecule has 1 aromatic heterocycles. The average Bonchev–Trinajstić information content (AvgIpc) is 3.37. The number of hydrogen-bond donors (Lipinski definition) is 0. The van der Waals surface area contributed by atoms with Gasteiger partial charge in [-0.25, -0.2) is 4.98 Å². The number of fused-ring (bicyclic) bond motifs is 2. The molecule has 0 N–H and O–H groups in total. The van der Waals surface area contributed by atoms with Crippen molar-refractivity contribution in [3.63, 3.8) is 0 Å². The second-order valence-electron chi connectivity index (χ2n) is 7.54. The van der Waals surface area contributed by atoms with Crippen molar-refractivity contribution < 1.29 is 19.1 Å². The zero-order chi connectivity index (χ0) is 22.9. The predicted octanol–water partition coefficient (Wildman–Crippen LogP) is 4.13. The maximum Gasteiger partial charge on any atom is 0.262 e. The van der Waals surface area contributed by atoms with Crippen LogP contribution < -0.4 is 9.64 Å². The Morgan fingerprint density at radius 1 is 0.970 bits per heavy atom. The van der Waals surface area contributed by atoms with Gasteiger partial charge in [0.05, 0.1) is 35.0 Å². The number of ether oxygens (including phenoxy) is 1. The van der Waals surface area contributed by atoms with Crippen LogP contribution in [-0.2, 0) is 11.3 Å². The van der Waals surface area contributed by atoms with Crippen LogP contribution in [0.25, 0.3) is 10.2 Å². The number of rotatable bonds is 6. The highest BCUT2D eigenvalue weighted by molar-refractivity contribution is 7.22. The topological polar surface area (TPSA) is 79.8 Å². The monoisotopic (exact) mass is 457 g/mol. The summed E-state index contributed by atoms with van der Waals surface area (Å²) >= 11 is 1.37. The Hall–Kier alpha value is -4.04. The highest BCUT2D eigenvalue weighted by Gasteiger charge is 2.37. The molecular weight excluding hydrogens is 438 g/mol. The Kier molecular flexibility index (Phi) is 5.35. The van der Waals surface area contributed by atoms with Crippen LogP contribution in [0.5, 0.6) is 5.75 Å². The highest BCUT2D eigenvalue weighted by atomic mass is 32.1. The lowest BCUT2D eigenvalue weighted by atomic mass is 10.1. The summed E-state index contributed by atoms with van der Waals surface area (Å²) in [4.78, 5) is 46.2. The van der Waals surface area contributed by atoms with Crippen molar-refractivity contribution >= 4 is 44.4 Å². The molecule has 1 aliphatic heterocycles. The second kappa shape index (κ2) is 8.48. The highest BCUT2D eigenvalue weighted by Crippen LogP contribution is 2.32. The normalized spacial score (nSPS) is 12.8. The van der Waals surface area contributed by atoms with Crippen LogP contribution >= 0.6 is 11.3 Å². The molecule has 4 aromatic rings. The summed E-state index contributed by atoms with van der Waals surface area (Å²) in [7, 11) is 1.59.